The van der Waals surface area contributed by atoms with Gasteiger partial charge in [0.1, 0.15) is 0 Å². The average Bonchev–Trinajstić information content (AvgIpc) is 2.71. The fourth-order valence-electron chi connectivity index (χ4n) is 1.92. The molecule has 0 saturated carbocycles. The van der Waals surface area contributed by atoms with Gasteiger partial charge in [-0.15, -0.1) is 0 Å². The van der Waals surface area contributed by atoms with Gasteiger partial charge < -0.3 is 5.11 Å². The van der Waals surface area contributed by atoms with Crippen molar-refractivity contribution in [3.8, 4) is 0 Å². The lowest BCUT2D eigenvalue weighted by atomic mass is 10.0. The molecule has 1 N–H and O–H groups in total. The van der Waals surface area contributed by atoms with E-state index in [4.69, 9.17) is 0 Å². The maximum absolute atomic E-state index is 9.71. The van der Waals surface area contributed by atoms with Crippen LogP contribution in [-0.2, 0) is 6.54 Å². The van der Waals surface area contributed by atoms with Crippen LogP contribution in [0, 0.1) is 0 Å². The number of nitrogens with zero attached hydrogens (tertiary/aromatic N) is 2. The van der Waals surface area contributed by atoms with Crippen molar-refractivity contribution in [1.29, 1.82) is 0 Å². The summed E-state index contributed by atoms with van der Waals surface area (Å²) in [6.07, 6.45) is 2.30. The summed E-state index contributed by atoms with van der Waals surface area (Å²) in [5.41, 5.74) is 2.42. The molecule has 0 aliphatic heterocycles. The van der Waals surface area contributed by atoms with Crippen LogP contribution in [0.5, 0.6) is 0 Å². The Morgan fingerprint density at radius 2 is 2.12 bits per heavy atom. The van der Waals surface area contributed by atoms with Gasteiger partial charge in [-0.05, 0) is 24.0 Å². The Morgan fingerprint density at radius 3 is 2.76 bits per heavy atom. The summed E-state index contributed by atoms with van der Waals surface area (Å²) in [5.74, 6) is 0.513. The van der Waals surface area contributed by atoms with Gasteiger partial charge in [-0.25, -0.2) is 0 Å². The van der Waals surface area contributed by atoms with E-state index < -0.39 is 0 Å². The third-order valence-electron chi connectivity index (χ3n) is 3.19. The summed E-state index contributed by atoms with van der Waals surface area (Å²) in [7, 11) is 0. The van der Waals surface area contributed by atoms with Gasteiger partial charge in [0.15, 0.2) is 0 Å². The van der Waals surface area contributed by atoms with Crippen molar-refractivity contribution < 1.29 is 5.11 Å². The first kappa shape index (κ1) is 12.1. The van der Waals surface area contributed by atoms with Crippen LogP contribution < -0.4 is 0 Å². The highest BCUT2D eigenvalue weighted by molar-refractivity contribution is 5.79. The van der Waals surface area contributed by atoms with Crippen molar-refractivity contribution in [2.75, 3.05) is 0 Å². The van der Waals surface area contributed by atoms with Crippen LogP contribution in [0.25, 0.3) is 10.9 Å². The van der Waals surface area contributed by atoms with E-state index in [2.05, 4.69) is 37.1 Å². The topological polar surface area (TPSA) is 38.0 Å². The number of aliphatic hydroxyl groups excluding tert-OH is 1. The predicted molar refractivity (Wildman–Crippen MR) is 70.1 cm³/mol. The van der Waals surface area contributed by atoms with Gasteiger partial charge in [-0.3, -0.25) is 4.68 Å². The summed E-state index contributed by atoms with van der Waals surface area (Å²) in [6.45, 7) is 6.92. The molecule has 3 nitrogen and oxygen atoms in total. The molecule has 2 rings (SSSR count). The quantitative estimate of drug-likeness (QED) is 0.880. The molecule has 0 saturated heterocycles. The highest BCUT2D eigenvalue weighted by Crippen LogP contribution is 2.21. The summed E-state index contributed by atoms with van der Waals surface area (Å²) in [4.78, 5) is 0. The molecule has 3 heteroatoms. The maximum atomic E-state index is 9.71. The van der Waals surface area contributed by atoms with Crippen LogP contribution in [0.2, 0.25) is 0 Å². The number of hydrogen-bond acceptors (Lipinski definition) is 2. The van der Waals surface area contributed by atoms with Crippen LogP contribution in [0.4, 0.5) is 0 Å². The number of benzene rings is 1. The predicted octanol–water partition coefficient (Wildman–Crippen LogP) is 2.93. The molecule has 0 bridgehead atoms. The van der Waals surface area contributed by atoms with Crippen molar-refractivity contribution in [1.82, 2.24) is 9.78 Å². The smallest absolute Gasteiger partial charge is 0.0733 e. The van der Waals surface area contributed by atoms with Gasteiger partial charge in [0.25, 0.3) is 0 Å². The van der Waals surface area contributed by atoms with Gasteiger partial charge in [0.05, 0.1) is 24.4 Å². The molecule has 1 aromatic heterocycles. The van der Waals surface area contributed by atoms with Gasteiger partial charge >= 0.3 is 0 Å². The largest absolute Gasteiger partial charge is 0.391 e. The van der Waals surface area contributed by atoms with Gasteiger partial charge in [0.2, 0.25) is 0 Å². The van der Waals surface area contributed by atoms with Gasteiger partial charge in [0, 0.05) is 5.39 Å². The number of hydrogen-bond donors (Lipinski definition) is 1. The Hall–Kier alpha value is -1.35. The highest BCUT2D eigenvalue weighted by atomic mass is 16.3. The molecular formula is C14H20N2O. The lowest BCUT2D eigenvalue weighted by molar-refractivity contribution is 0.147. The maximum Gasteiger partial charge on any atom is 0.0733 e. The van der Waals surface area contributed by atoms with Crippen LogP contribution in [0.3, 0.4) is 0 Å². The summed E-state index contributed by atoms with van der Waals surface area (Å²) >= 11 is 0. The Labute approximate surface area is 102 Å². The zero-order valence-electron chi connectivity index (χ0n) is 10.7. The number of aromatic nitrogens is 2. The minimum absolute atomic E-state index is 0.319. The van der Waals surface area contributed by atoms with Crippen molar-refractivity contribution >= 4 is 10.9 Å². The van der Waals surface area contributed by atoms with Gasteiger partial charge in [-0.2, -0.15) is 5.10 Å². The van der Waals surface area contributed by atoms with E-state index in [0.717, 1.165) is 17.3 Å². The summed E-state index contributed by atoms with van der Waals surface area (Å²) in [6, 6.07) is 6.43. The molecule has 0 spiro atoms. The molecular weight excluding hydrogens is 212 g/mol. The van der Waals surface area contributed by atoms with Crippen molar-refractivity contribution in [2.45, 2.75) is 45.8 Å². The molecule has 0 radical (unpaired) electrons. The Morgan fingerprint density at radius 1 is 1.35 bits per heavy atom. The minimum atomic E-state index is -0.319. The summed E-state index contributed by atoms with van der Waals surface area (Å²) in [5, 5.41) is 15.2. The molecule has 0 aliphatic rings. The van der Waals surface area contributed by atoms with E-state index in [-0.39, 0.29) is 6.10 Å². The number of aliphatic hydroxyl groups is 1. The van der Waals surface area contributed by atoms with Crippen molar-refractivity contribution in [3.05, 3.63) is 30.0 Å². The van der Waals surface area contributed by atoms with Crippen LogP contribution in [0.15, 0.2) is 24.4 Å². The lowest BCUT2D eigenvalue weighted by Gasteiger charge is -2.10. The zero-order chi connectivity index (χ0) is 12.4. The highest BCUT2D eigenvalue weighted by Gasteiger charge is 2.08. The second kappa shape index (κ2) is 4.88. The molecule has 1 atom stereocenters. The van der Waals surface area contributed by atoms with E-state index in [1.54, 1.807) is 0 Å². The number of fused-ring (bicyclic) bond motifs is 1. The first-order valence-corrected chi connectivity index (χ1v) is 6.25. The average molecular weight is 232 g/mol. The molecule has 1 unspecified atom stereocenters. The molecule has 17 heavy (non-hydrogen) atoms. The molecule has 0 amide bonds. The molecule has 1 aromatic carbocycles. The third kappa shape index (κ3) is 2.50. The van der Waals surface area contributed by atoms with E-state index in [9.17, 15) is 5.11 Å². The first-order chi connectivity index (χ1) is 8.11. The standard InChI is InChI=1S/C14H20N2O/c1-4-13(17)9-16-14-7-11(10(2)3)5-6-12(14)8-15-16/h5-8,10,13,17H,4,9H2,1-3H3. The van der Waals surface area contributed by atoms with E-state index >= 15 is 0 Å². The Balaban J connectivity index is 2.39. The van der Waals surface area contributed by atoms with Gasteiger partial charge in [-0.1, -0.05) is 32.9 Å². The lowest BCUT2D eigenvalue weighted by Crippen LogP contribution is -2.15. The molecule has 0 aliphatic carbocycles. The van der Waals surface area contributed by atoms with E-state index in [0.29, 0.717) is 12.5 Å². The van der Waals surface area contributed by atoms with Crippen LogP contribution in [-0.4, -0.2) is 21.0 Å². The normalized spacial score (nSPS) is 13.5. The van der Waals surface area contributed by atoms with Crippen LogP contribution >= 0.6 is 0 Å². The third-order valence-corrected chi connectivity index (χ3v) is 3.19. The van der Waals surface area contributed by atoms with E-state index in [1.165, 1.54) is 5.56 Å². The Kier molecular flexibility index (Phi) is 3.48. The van der Waals surface area contributed by atoms with Crippen LogP contribution in [0.1, 0.15) is 38.7 Å². The second-order valence-electron chi connectivity index (χ2n) is 4.86. The Bertz CT molecular complexity index is 502. The van der Waals surface area contributed by atoms with E-state index in [1.807, 2.05) is 17.8 Å². The second-order valence-corrected chi connectivity index (χ2v) is 4.86. The van der Waals surface area contributed by atoms with Crippen molar-refractivity contribution in [2.24, 2.45) is 0 Å². The summed E-state index contributed by atoms with van der Waals surface area (Å²) < 4.78 is 1.90. The molecule has 92 valence electrons. The minimum Gasteiger partial charge on any atom is -0.391 e. The SMILES string of the molecule is CCC(O)Cn1ncc2ccc(C(C)C)cc21. The molecule has 1 heterocycles. The fraction of sp³-hybridized carbons (Fsp3) is 0.500. The molecule has 2 aromatic rings. The zero-order valence-corrected chi connectivity index (χ0v) is 10.7. The molecule has 0 fully saturated rings. The monoisotopic (exact) mass is 232 g/mol. The fourth-order valence-corrected chi connectivity index (χ4v) is 1.92. The first-order valence-electron chi connectivity index (χ1n) is 6.25. The number of rotatable bonds is 4. The van der Waals surface area contributed by atoms with Crippen molar-refractivity contribution in [3.63, 3.8) is 0 Å².